The summed E-state index contributed by atoms with van der Waals surface area (Å²) in [6.45, 7) is 1.87. The summed E-state index contributed by atoms with van der Waals surface area (Å²) in [6, 6.07) is 0.210. The number of aromatic nitrogens is 1. The Morgan fingerprint density at radius 3 is 3.29 bits per heavy atom. The van der Waals surface area contributed by atoms with E-state index >= 15 is 0 Å². The average molecular weight is 195 g/mol. The van der Waals surface area contributed by atoms with E-state index in [9.17, 15) is 4.79 Å². The first-order valence-corrected chi connectivity index (χ1v) is 4.76. The van der Waals surface area contributed by atoms with E-state index in [1.54, 1.807) is 0 Å². The molecule has 1 aliphatic rings. The fraction of sp³-hybridized carbons (Fsp3) is 0.556. The van der Waals surface area contributed by atoms with Crippen LogP contribution in [0, 0.1) is 0 Å². The summed E-state index contributed by atoms with van der Waals surface area (Å²) in [7, 11) is 0. The van der Waals surface area contributed by atoms with Crippen molar-refractivity contribution in [1.82, 2.24) is 15.6 Å². The zero-order chi connectivity index (χ0) is 9.80. The summed E-state index contributed by atoms with van der Waals surface area (Å²) in [4.78, 5) is 15.2. The van der Waals surface area contributed by atoms with Crippen molar-refractivity contribution in [3.8, 4) is 0 Å². The Labute approximate surface area is 81.9 Å². The van der Waals surface area contributed by atoms with Crippen molar-refractivity contribution in [1.29, 1.82) is 0 Å². The molecule has 2 N–H and O–H groups in total. The standard InChI is InChI=1S/C9H13N3O2/c13-9(8-5-11-6-14-8)12-7-2-1-3-10-4-7/h5-7,10H,1-4H2,(H,12,13). The maximum absolute atomic E-state index is 11.5. The van der Waals surface area contributed by atoms with E-state index in [2.05, 4.69) is 15.6 Å². The first-order chi connectivity index (χ1) is 6.86. The third-order valence-electron chi connectivity index (χ3n) is 2.29. The molecule has 1 aliphatic heterocycles. The second kappa shape index (κ2) is 4.23. The van der Waals surface area contributed by atoms with Gasteiger partial charge in [0, 0.05) is 12.6 Å². The van der Waals surface area contributed by atoms with Gasteiger partial charge in [0.25, 0.3) is 5.91 Å². The molecule has 14 heavy (non-hydrogen) atoms. The number of carbonyl (C=O) groups excluding carboxylic acids is 1. The lowest BCUT2D eigenvalue weighted by Gasteiger charge is -2.23. The zero-order valence-electron chi connectivity index (χ0n) is 7.82. The van der Waals surface area contributed by atoms with Crippen LogP contribution in [0.3, 0.4) is 0 Å². The molecule has 5 heteroatoms. The summed E-state index contributed by atoms with van der Waals surface area (Å²) in [5.41, 5.74) is 0. The zero-order valence-corrected chi connectivity index (χ0v) is 7.82. The molecule has 0 spiro atoms. The van der Waals surface area contributed by atoms with Gasteiger partial charge >= 0.3 is 0 Å². The summed E-state index contributed by atoms with van der Waals surface area (Å²) < 4.78 is 4.89. The highest BCUT2D eigenvalue weighted by Gasteiger charge is 2.17. The van der Waals surface area contributed by atoms with Crippen molar-refractivity contribution < 1.29 is 9.21 Å². The molecule has 0 saturated carbocycles. The van der Waals surface area contributed by atoms with Crippen LogP contribution in [0.25, 0.3) is 0 Å². The van der Waals surface area contributed by atoms with Gasteiger partial charge in [-0.1, -0.05) is 0 Å². The van der Waals surface area contributed by atoms with Crippen molar-refractivity contribution in [3.63, 3.8) is 0 Å². The van der Waals surface area contributed by atoms with Crippen molar-refractivity contribution >= 4 is 5.91 Å². The van der Waals surface area contributed by atoms with Gasteiger partial charge in [-0.25, -0.2) is 4.98 Å². The van der Waals surface area contributed by atoms with E-state index < -0.39 is 0 Å². The Hall–Kier alpha value is -1.36. The molecule has 1 saturated heterocycles. The third kappa shape index (κ3) is 2.11. The Morgan fingerprint density at radius 1 is 1.71 bits per heavy atom. The van der Waals surface area contributed by atoms with Gasteiger partial charge in [0.15, 0.2) is 6.39 Å². The number of rotatable bonds is 2. The molecule has 76 valence electrons. The number of carbonyl (C=O) groups is 1. The summed E-state index contributed by atoms with van der Waals surface area (Å²) in [5.74, 6) is 0.0896. The van der Waals surface area contributed by atoms with Gasteiger partial charge in [-0.05, 0) is 19.4 Å². The first kappa shape index (κ1) is 9.21. The lowest BCUT2D eigenvalue weighted by molar-refractivity contribution is 0.0902. The minimum absolute atomic E-state index is 0.184. The normalized spacial score (nSPS) is 21.9. The van der Waals surface area contributed by atoms with Crippen LogP contribution in [0.5, 0.6) is 0 Å². The topological polar surface area (TPSA) is 67.2 Å². The molecule has 2 heterocycles. The van der Waals surface area contributed by atoms with Crippen LogP contribution in [0.4, 0.5) is 0 Å². The van der Waals surface area contributed by atoms with E-state index in [0.29, 0.717) is 0 Å². The van der Waals surface area contributed by atoms with Crippen LogP contribution in [-0.4, -0.2) is 30.0 Å². The molecule has 0 radical (unpaired) electrons. The molecule has 1 aromatic heterocycles. The van der Waals surface area contributed by atoms with Crippen molar-refractivity contribution in [2.24, 2.45) is 0 Å². The highest BCUT2D eigenvalue weighted by atomic mass is 16.3. The molecule has 1 amide bonds. The molecule has 5 nitrogen and oxygen atoms in total. The molecule has 1 aromatic rings. The van der Waals surface area contributed by atoms with E-state index in [-0.39, 0.29) is 17.7 Å². The van der Waals surface area contributed by atoms with Gasteiger partial charge in [-0.3, -0.25) is 4.79 Å². The molecule has 0 aliphatic carbocycles. The number of nitrogens with one attached hydrogen (secondary N) is 2. The Kier molecular flexibility index (Phi) is 2.78. The molecule has 0 bridgehead atoms. The SMILES string of the molecule is O=C(NC1CCCNC1)c1cnco1. The summed E-state index contributed by atoms with van der Waals surface area (Å²) >= 11 is 0. The van der Waals surface area contributed by atoms with Gasteiger partial charge in [-0.15, -0.1) is 0 Å². The van der Waals surface area contributed by atoms with Crippen LogP contribution in [0.2, 0.25) is 0 Å². The van der Waals surface area contributed by atoms with Gasteiger partial charge in [0.05, 0.1) is 6.20 Å². The monoisotopic (exact) mass is 195 g/mol. The maximum atomic E-state index is 11.5. The maximum Gasteiger partial charge on any atom is 0.288 e. The lowest BCUT2D eigenvalue weighted by Crippen LogP contribution is -2.45. The van der Waals surface area contributed by atoms with Gasteiger partial charge < -0.3 is 15.1 Å². The minimum atomic E-state index is -0.184. The van der Waals surface area contributed by atoms with Crippen molar-refractivity contribution in [3.05, 3.63) is 18.4 Å². The number of oxazole rings is 1. The van der Waals surface area contributed by atoms with Gasteiger partial charge in [0.2, 0.25) is 5.76 Å². The predicted molar refractivity (Wildman–Crippen MR) is 49.9 cm³/mol. The van der Waals surface area contributed by atoms with Crippen LogP contribution in [-0.2, 0) is 0 Å². The quantitative estimate of drug-likeness (QED) is 0.705. The minimum Gasteiger partial charge on any atom is -0.438 e. The highest BCUT2D eigenvalue weighted by Crippen LogP contribution is 2.03. The molecule has 2 rings (SSSR count). The van der Waals surface area contributed by atoms with Gasteiger partial charge in [0.1, 0.15) is 0 Å². The summed E-state index contributed by atoms with van der Waals surface area (Å²) in [5, 5.41) is 6.11. The largest absolute Gasteiger partial charge is 0.438 e. The summed E-state index contributed by atoms with van der Waals surface area (Å²) in [6.07, 6.45) is 4.80. The fourth-order valence-electron chi connectivity index (χ4n) is 1.56. The van der Waals surface area contributed by atoms with Crippen molar-refractivity contribution in [2.45, 2.75) is 18.9 Å². The van der Waals surface area contributed by atoms with Crippen LogP contribution in [0.15, 0.2) is 17.0 Å². The van der Waals surface area contributed by atoms with Crippen LogP contribution >= 0.6 is 0 Å². The van der Waals surface area contributed by atoms with Gasteiger partial charge in [-0.2, -0.15) is 0 Å². The molecular weight excluding hydrogens is 182 g/mol. The Morgan fingerprint density at radius 2 is 2.64 bits per heavy atom. The second-order valence-electron chi connectivity index (χ2n) is 3.38. The molecule has 1 unspecified atom stereocenters. The third-order valence-corrected chi connectivity index (χ3v) is 2.29. The van der Waals surface area contributed by atoms with E-state index in [1.807, 2.05) is 0 Å². The number of nitrogens with zero attached hydrogens (tertiary/aromatic N) is 1. The predicted octanol–water partition coefficient (Wildman–Crippen LogP) is 0.156. The number of amides is 1. The van der Waals surface area contributed by atoms with E-state index in [1.165, 1.54) is 12.6 Å². The van der Waals surface area contributed by atoms with E-state index in [4.69, 9.17) is 4.42 Å². The number of hydrogen-bond acceptors (Lipinski definition) is 4. The molecule has 0 aromatic carbocycles. The van der Waals surface area contributed by atoms with Crippen LogP contribution < -0.4 is 10.6 Å². The highest BCUT2D eigenvalue weighted by molar-refractivity contribution is 5.91. The number of piperidine rings is 1. The van der Waals surface area contributed by atoms with Crippen LogP contribution in [0.1, 0.15) is 23.4 Å². The smallest absolute Gasteiger partial charge is 0.288 e. The first-order valence-electron chi connectivity index (χ1n) is 4.76. The second-order valence-corrected chi connectivity index (χ2v) is 3.38. The average Bonchev–Trinajstić information content (AvgIpc) is 2.72. The Bertz CT molecular complexity index is 291. The number of hydrogen-bond donors (Lipinski definition) is 2. The van der Waals surface area contributed by atoms with Crippen molar-refractivity contribution in [2.75, 3.05) is 13.1 Å². The van der Waals surface area contributed by atoms with E-state index in [0.717, 1.165) is 25.9 Å². The molecule has 1 fully saturated rings. The molecule has 1 atom stereocenters. The Balaban J connectivity index is 1.87. The lowest BCUT2D eigenvalue weighted by atomic mass is 10.1. The molecular formula is C9H13N3O2. The fourth-order valence-corrected chi connectivity index (χ4v) is 1.56.